The van der Waals surface area contributed by atoms with Crippen molar-refractivity contribution in [2.24, 2.45) is 22.7 Å². The van der Waals surface area contributed by atoms with Crippen molar-refractivity contribution >= 4 is 48.0 Å². The maximum atomic E-state index is 13.5. The van der Waals surface area contributed by atoms with Gasteiger partial charge in [0.1, 0.15) is 36.1 Å². The molecule has 0 radical (unpaired) electrons. The lowest BCUT2D eigenvalue weighted by molar-refractivity contribution is -0.162. The second kappa shape index (κ2) is 14.5. The van der Waals surface area contributed by atoms with Crippen molar-refractivity contribution in [2.75, 3.05) is 44.5 Å². The summed E-state index contributed by atoms with van der Waals surface area (Å²) in [7, 11) is -4.17. The molecule has 2 aliphatic heterocycles. The van der Waals surface area contributed by atoms with Gasteiger partial charge in [0.25, 0.3) is 0 Å². The molecule has 15 nitrogen and oxygen atoms in total. The Bertz CT molecular complexity index is 1480. The van der Waals surface area contributed by atoms with Crippen LogP contribution in [-0.2, 0) is 42.1 Å². The van der Waals surface area contributed by atoms with Gasteiger partial charge >= 0.3 is 19.5 Å². The Balaban J connectivity index is 1.23. The van der Waals surface area contributed by atoms with E-state index in [1.54, 1.807) is 52.3 Å². The average Bonchev–Trinajstić information content (AvgIpc) is 3.76. The van der Waals surface area contributed by atoms with Gasteiger partial charge in [-0.1, -0.05) is 6.42 Å². The van der Waals surface area contributed by atoms with E-state index in [4.69, 9.17) is 39.6 Å². The second-order valence-electron chi connectivity index (χ2n) is 14.6. The predicted octanol–water partition coefficient (Wildman–Crippen LogP) is 4.23. The summed E-state index contributed by atoms with van der Waals surface area (Å²) >= 11 is 6.37. The van der Waals surface area contributed by atoms with Gasteiger partial charge in [0, 0.05) is 19.3 Å². The second-order valence-corrected chi connectivity index (χ2v) is 17.0. The van der Waals surface area contributed by atoms with Gasteiger partial charge in [0.2, 0.25) is 18.9 Å². The number of nitrogens with zero attached hydrogens (tertiary/aromatic N) is 4. The standard InChI is InChI=1S/C31H46ClN4O11P/c1-30(2,3)27(39)43-15-45-48(41,46-16-44-28(40)31(4,5)6)17-42-14-21-22(37)23(38)26(47-21)36-11-10-20-24(33-29(32)34-25(20)36)35-12-18-8-7-9-19(18)13-35/h10-11,18-19,21-23,26,37-38H,7-9,12-17H2,1-6H3/t18?,19?,21?,22-,23-,26-/m1/s1. The van der Waals surface area contributed by atoms with Crippen LogP contribution in [0, 0.1) is 22.7 Å². The van der Waals surface area contributed by atoms with Gasteiger partial charge < -0.3 is 38.6 Å². The van der Waals surface area contributed by atoms with Crippen LogP contribution in [-0.4, -0.2) is 94.6 Å². The monoisotopic (exact) mass is 716 g/mol. The highest BCUT2D eigenvalue weighted by molar-refractivity contribution is 7.53. The van der Waals surface area contributed by atoms with Crippen molar-refractivity contribution in [2.45, 2.75) is 85.3 Å². The number of rotatable bonds is 12. The van der Waals surface area contributed by atoms with Gasteiger partial charge in [-0.2, -0.15) is 9.97 Å². The fourth-order valence-corrected chi connectivity index (χ4v) is 7.23. The molecule has 2 saturated heterocycles. The Morgan fingerprint density at radius 2 is 1.56 bits per heavy atom. The van der Waals surface area contributed by atoms with E-state index >= 15 is 0 Å². The molecule has 0 amide bonds. The molecule has 2 N–H and O–H groups in total. The zero-order valence-corrected chi connectivity index (χ0v) is 29.8. The number of halogens is 1. The molecule has 0 aromatic carbocycles. The minimum absolute atomic E-state index is 0.0551. The molecule has 5 rings (SSSR count). The van der Waals surface area contributed by atoms with Gasteiger partial charge in [-0.3, -0.25) is 23.2 Å². The van der Waals surface area contributed by atoms with Crippen LogP contribution in [0.3, 0.4) is 0 Å². The normalized spacial score (nSPS) is 26.3. The fraction of sp³-hybridized carbons (Fsp3) is 0.742. The first-order valence-electron chi connectivity index (χ1n) is 16.1. The van der Waals surface area contributed by atoms with E-state index in [2.05, 4.69) is 14.9 Å². The van der Waals surface area contributed by atoms with E-state index in [-0.39, 0.29) is 11.9 Å². The minimum atomic E-state index is -4.17. The van der Waals surface area contributed by atoms with Crippen molar-refractivity contribution in [1.82, 2.24) is 14.5 Å². The highest BCUT2D eigenvalue weighted by atomic mass is 35.5. The first-order valence-corrected chi connectivity index (χ1v) is 18.2. The molecule has 0 bridgehead atoms. The van der Waals surface area contributed by atoms with Crippen LogP contribution in [0.2, 0.25) is 5.28 Å². The number of aromatic nitrogens is 3. The molecule has 3 fully saturated rings. The topological polar surface area (TPSA) is 181 Å². The van der Waals surface area contributed by atoms with Crippen molar-refractivity contribution in [1.29, 1.82) is 0 Å². The van der Waals surface area contributed by atoms with Crippen LogP contribution in [0.5, 0.6) is 0 Å². The largest absolute Gasteiger partial charge is 0.438 e. The molecule has 17 heteroatoms. The smallest absolute Gasteiger partial charge is 0.361 e. The number of aliphatic hydroxyl groups excluding tert-OH is 2. The summed E-state index contributed by atoms with van der Waals surface area (Å²) in [6.45, 7) is 9.90. The quantitative estimate of drug-likeness (QED) is 0.138. The highest BCUT2D eigenvalue weighted by Gasteiger charge is 2.45. The first kappa shape index (κ1) is 36.9. The molecular weight excluding hydrogens is 671 g/mol. The number of hydrogen-bond acceptors (Lipinski definition) is 14. The number of anilines is 1. The third-order valence-electron chi connectivity index (χ3n) is 8.80. The lowest BCUT2D eigenvalue weighted by Crippen LogP contribution is -2.34. The van der Waals surface area contributed by atoms with E-state index in [0.29, 0.717) is 17.5 Å². The molecule has 2 aromatic heterocycles. The van der Waals surface area contributed by atoms with Crippen LogP contribution >= 0.6 is 19.2 Å². The molecule has 1 saturated carbocycles. The first-order chi connectivity index (χ1) is 22.5. The maximum absolute atomic E-state index is 13.5. The molecule has 48 heavy (non-hydrogen) atoms. The number of carbonyl (C=O) groups excluding carboxylic acids is 2. The molecule has 268 valence electrons. The summed E-state index contributed by atoms with van der Waals surface area (Å²) in [6, 6.07) is 1.84. The summed E-state index contributed by atoms with van der Waals surface area (Å²) in [5, 5.41) is 22.7. The third-order valence-corrected chi connectivity index (χ3v) is 10.5. The number of hydrogen-bond donors (Lipinski definition) is 2. The molecule has 6 atom stereocenters. The van der Waals surface area contributed by atoms with Gasteiger partial charge in [-0.05, 0) is 83.9 Å². The Morgan fingerprint density at radius 3 is 2.12 bits per heavy atom. The van der Waals surface area contributed by atoms with Gasteiger partial charge in [-0.15, -0.1) is 0 Å². The molecule has 4 heterocycles. The minimum Gasteiger partial charge on any atom is -0.438 e. The summed E-state index contributed by atoms with van der Waals surface area (Å²) in [6.07, 6.45) is -0.160. The van der Waals surface area contributed by atoms with Gasteiger partial charge in [0.05, 0.1) is 22.8 Å². The van der Waals surface area contributed by atoms with Gasteiger partial charge in [0.15, 0.2) is 6.23 Å². The fourth-order valence-electron chi connectivity index (χ4n) is 6.09. The summed E-state index contributed by atoms with van der Waals surface area (Å²) < 4.78 is 47.4. The zero-order valence-electron chi connectivity index (χ0n) is 28.2. The lowest BCUT2D eigenvalue weighted by Gasteiger charge is -2.22. The van der Waals surface area contributed by atoms with Crippen LogP contribution in [0.1, 0.15) is 67.0 Å². The van der Waals surface area contributed by atoms with Crippen molar-refractivity contribution in [3.8, 4) is 0 Å². The zero-order chi connectivity index (χ0) is 35.0. The van der Waals surface area contributed by atoms with E-state index in [1.165, 1.54) is 19.3 Å². The van der Waals surface area contributed by atoms with Crippen molar-refractivity contribution < 1.29 is 52.4 Å². The number of esters is 2. The molecule has 2 aromatic rings. The predicted molar refractivity (Wildman–Crippen MR) is 173 cm³/mol. The lowest BCUT2D eigenvalue weighted by atomic mass is 9.98. The van der Waals surface area contributed by atoms with Crippen molar-refractivity contribution in [3.63, 3.8) is 0 Å². The Morgan fingerprint density at radius 1 is 0.979 bits per heavy atom. The Kier molecular flexibility index (Phi) is 11.1. The summed E-state index contributed by atoms with van der Waals surface area (Å²) in [5.41, 5.74) is -1.23. The Hall–Kier alpha value is -2.36. The van der Waals surface area contributed by atoms with E-state index in [1.807, 2.05) is 6.07 Å². The van der Waals surface area contributed by atoms with Crippen LogP contribution in [0.15, 0.2) is 12.3 Å². The van der Waals surface area contributed by atoms with E-state index in [0.717, 1.165) is 24.3 Å². The average molecular weight is 717 g/mol. The molecule has 1 aliphatic carbocycles. The molecule has 3 aliphatic rings. The summed E-state index contributed by atoms with van der Waals surface area (Å²) in [5.74, 6) is 0.791. The number of fused-ring (bicyclic) bond motifs is 2. The third kappa shape index (κ3) is 8.32. The number of aliphatic hydroxyl groups is 2. The van der Waals surface area contributed by atoms with Crippen LogP contribution in [0.4, 0.5) is 5.82 Å². The molecule has 0 spiro atoms. The van der Waals surface area contributed by atoms with Crippen molar-refractivity contribution in [3.05, 3.63) is 17.5 Å². The maximum Gasteiger partial charge on any atom is 0.361 e. The van der Waals surface area contributed by atoms with Gasteiger partial charge in [-0.25, -0.2) is 0 Å². The number of ether oxygens (including phenoxy) is 4. The van der Waals surface area contributed by atoms with Crippen LogP contribution < -0.4 is 4.90 Å². The SMILES string of the molecule is CC(C)(C)C(=O)OCOP(=O)(COCC1O[C@@H](n2ccc3c(N4CC5CCCC5C4)nc(Cl)nc32)[C@H](O)[C@@H]1O)OCOC(=O)C(C)(C)C. The number of carbonyl (C=O) groups is 2. The summed E-state index contributed by atoms with van der Waals surface area (Å²) in [4.78, 5) is 35.5. The van der Waals surface area contributed by atoms with E-state index in [9.17, 15) is 24.4 Å². The molecular formula is C31H46ClN4O11P. The Labute approximate surface area is 284 Å². The molecule has 3 unspecified atom stereocenters. The van der Waals surface area contributed by atoms with Crippen LogP contribution in [0.25, 0.3) is 11.0 Å². The van der Waals surface area contributed by atoms with E-state index < -0.39 is 74.8 Å². The highest BCUT2D eigenvalue weighted by Crippen LogP contribution is 2.49.